The third kappa shape index (κ3) is 6.95. The van der Waals surface area contributed by atoms with Crippen LogP contribution in [0.4, 0.5) is 0 Å². The number of carbonyl (C=O) groups excluding carboxylic acids is 2. The predicted octanol–water partition coefficient (Wildman–Crippen LogP) is 2.35. The minimum atomic E-state index is -1.14. The lowest BCUT2D eigenvalue weighted by atomic mass is 10.0. The van der Waals surface area contributed by atoms with Crippen molar-refractivity contribution in [1.82, 2.24) is 10.6 Å². The van der Waals surface area contributed by atoms with E-state index in [0.29, 0.717) is 12.0 Å². The summed E-state index contributed by atoms with van der Waals surface area (Å²) in [5.74, 6) is -2.03. The van der Waals surface area contributed by atoms with Crippen molar-refractivity contribution in [3.63, 3.8) is 0 Å². The second-order valence-electron chi connectivity index (χ2n) is 7.29. The molecule has 2 rings (SSSR count). The highest BCUT2D eigenvalue weighted by Crippen LogP contribution is 2.12. The van der Waals surface area contributed by atoms with Gasteiger partial charge in [-0.25, -0.2) is 4.79 Å². The van der Waals surface area contributed by atoms with E-state index in [-0.39, 0.29) is 18.1 Å². The smallest absolute Gasteiger partial charge is 0.326 e. The van der Waals surface area contributed by atoms with Crippen LogP contribution < -0.4 is 10.6 Å². The SMILES string of the molecule is CC(C)C[C@H](NC(=O)c1ccc(O)cc1)C(=O)N[C@@H](Cc1ccccc1)C(=O)O. The van der Waals surface area contributed by atoms with Gasteiger partial charge in [-0.15, -0.1) is 0 Å². The molecule has 2 aromatic carbocycles. The molecule has 4 N–H and O–H groups in total. The second kappa shape index (κ2) is 10.3. The zero-order valence-electron chi connectivity index (χ0n) is 16.5. The standard InChI is InChI=1S/C22H26N2O5/c1-14(2)12-18(23-20(26)16-8-10-17(25)11-9-16)21(27)24-19(22(28)29)13-15-6-4-3-5-7-15/h3-11,14,18-19,25H,12-13H2,1-2H3,(H,23,26)(H,24,27)(H,28,29)/t18-,19-/m0/s1. The van der Waals surface area contributed by atoms with Gasteiger partial charge in [0.25, 0.3) is 5.91 Å². The summed E-state index contributed by atoms with van der Waals surface area (Å²) in [4.78, 5) is 36.9. The summed E-state index contributed by atoms with van der Waals surface area (Å²) in [6.07, 6.45) is 0.496. The number of carbonyl (C=O) groups is 3. The third-order valence-electron chi connectivity index (χ3n) is 4.36. The Morgan fingerprint density at radius 3 is 2.07 bits per heavy atom. The van der Waals surface area contributed by atoms with Crippen molar-refractivity contribution in [2.45, 2.75) is 38.8 Å². The Morgan fingerprint density at radius 2 is 1.52 bits per heavy atom. The summed E-state index contributed by atoms with van der Waals surface area (Å²) in [6.45, 7) is 3.82. The van der Waals surface area contributed by atoms with Gasteiger partial charge in [-0.3, -0.25) is 9.59 Å². The quantitative estimate of drug-likeness (QED) is 0.517. The molecule has 0 fully saturated rings. The van der Waals surface area contributed by atoms with Crippen LogP contribution in [0.3, 0.4) is 0 Å². The molecule has 0 aliphatic heterocycles. The van der Waals surface area contributed by atoms with Gasteiger partial charge in [-0.1, -0.05) is 44.2 Å². The van der Waals surface area contributed by atoms with Gasteiger partial charge in [0.05, 0.1) is 0 Å². The summed E-state index contributed by atoms with van der Waals surface area (Å²) < 4.78 is 0. The summed E-state index contributed by atoms with van der Waals surface area (Å²) in [5, 5.41) is 24.1. The Morgan fingerprint density at radius 1 is 0.897 bits per heavy atom. The van der Waals surface area contributed by atoms with Crippen LogP contribution in [0, 0.1) is 5.92 Å². The molecule has 0 heterocycles. The highest BCUT2D eigenvalue weighted by Gasteiger charge is 2.27. The van der Waals surface area contributed by atoms with E-state index in [2.05, 4.69) is 10.6 Å². The van der Waals surface area contributed by atoms with Crippen molar-refractivity contribution >= 4 is 17.8 Å². The Kier molecular flexibility index (Phi) is 7.77. The molecule has 0 saturated carbocycles. The van der Waals surface area contributed by atoms with Gasteiger partial charge in [0, 0.05) is 12.0 Å². The van der Waals surface area contributed by atoms with Gasteiger partial charge in [-0.2, -0.15) is 0 Å². The third-order valence-corrected chi connectivity index (χ3v) is 4.36. The van der Waals surface area contributed by atoms with Gasteiger partial charge >= 0.3 is 5.97 Å². The molecule has 2 amide bonds. The number of hydrogen-bond acceptors (Lipinski definition) is 4. The van der Waals surface area contributed by atoms with Gasteiger partial charge in [-0.05, 0) is 42.2 Å². The number of phenolic OH excluding ortho intramolecular Hbond substituents is 1. The molecule has 7 nitrogen and oxygen atoms in total. The number of carboxylic acids is 1. The van der Waals surface area contributed by atoms with E-state index in [1.807, 2.05) is 19.9 Å². The molecule has 0 radical (unpaired) electrons. The van der Waals surface area contributed by atoms with Gasteiger partial charge in [0.2, 0.25) is 5.91 Å². The maximum absolute atomic E-state index is 12.8. The lowest BCUT2D eigenvalue weighted by molar-refractivity contribution is -0.142. The number of benzene rings is 2. The molecular formula is C22H26N2O5. The van der Waals surface area contributed by atoms with Crippen LogP contribution in [0.1, 0.15) is 36.2 Å². The van der Waals surface area contributed by atoms with Gasteiger partial charge in [0.1, 0.15) is 17.8 Å². The molecule has 2 aromatic rings. The Labute approximate surface area is 169 Å². The van der Waals surface area contributed by atoms with Crippen LogP contribution in [0.25, 0.3) is 0 Å². The number of amides is 2. The number of aliphatic carboxylic acids is 1. The van der Waals surface area contributed by atoms with Gasteiger partial charge in [0.15, 0.2) is 0 Å². The zero-order valence-corrected chi connectivity index (χ0v) is 16.5. The van der Waals surface area contributed by atoms with Crippen LogP contribution in [0.2, 0.25) is 0 Å². The number of hydrogen-bond donors (Lipinski definition) is 4. The molecule has 0 unspecified atom stereocenters. The van der Waals surface area contributed by atoms with E-state index in [0.717, 1.165) is 5.56 Å². The lowest BCUT2D eigenvalue weighted by Crippen LogP contribution is -2.52. The van der Waals surface area contributed by atoms with E-state index in [1.54, 1.807) is 24.3 Å². The molecule has 0 spiro atoms. The van der Waals surface area contributed by atoms with Crippen LogP contribution >= 0.6 is 0 Å². The van der Waals surface area contributed by atoms with Crippen molar-refractivity contribution in [3.8, 4) is 5.75 Å². The Hall–Kier alpha value is -3.35. The average Bonchev–Trinajstić information content (AvgIpc) is 2.67. The van der Waals surface area contributed by atoms with E-state index in [1.165, 1.54) is 24.3 Å². The Balaban J connectivity index is 2.10. The van der Waals surface area contributed by atoms with Crippen LogP contribution in [0.15, 0.2) is 54.6 Å². The fourth-order valence-corrected chi connectivity index (χ4v) is 2.88. The number of nitrogens with one attached hydrogen (secondary N) is 2. The monoisotopic (exact) mass is 398 g/mol. The van der Waals surface area contributed by atoms with Crippen LogP contribution in [-0.4, -0.2) is 40.1 Å². The van der Waals surface area contributed by atoms with E-state index < -0.39 is 29.9 Å². The fourth-order valence-electron chi connectivity index (χ4n) is 2.88. The largest absolute Gasteiger partial charge is 0.508 e. The van der Waals surface area contributed by atoms with Crippen LogP contribution in [-0.2, 0) is 16.0 Å². The maximum Gasteiger partial charge on any atom is 0.326 e. The topological polar surface area (TPSA) is 116 Å². The molecule has 0 aliphatic rings. The lowest BCUT2D eigenvalue weighted by Gasteiger charge is -2.23. The first-order valence-corrected chi connectivity index (χ1v) is 9.43. The molecule has 0 aromatic heterocycles. The first kappa shape index (κ1) is 21.9. The van der Waals surface area contributed by atoms with Crippen molar-refractivity contribution in [2.24, 2.45) is 5.92 Å². The first-order chi connectivity index (χ1) is 13.8. The number of rotatable bonds is 9. The molecule has 0 bridgehead atoms. The summed E-state index contributed by atoms with van der Waals surface area (Å²) in [5.41, 5.74) is 1.08. The minimum absolute atomic E-state index is 0.0308. The number of aromatic hydroxyl groups is 1. The van der Waals surface area contributed by atoms with Crippen LogP contribution in [0.5, 0.6) is 5.75 Å². The molecule has 2 atom stereocenters. The molecule has 0 aliphatic carbocycles. The summed E-state index contributed by atoms with van der Waals surface area (Å²) in [7, 11) is 0. The molecule has 154 valence electrons. The van der Waals surface area contributed by atoms with Crippen molar-refractivity contribution in [3.05, 3.63) is 65.7 Å². The average molecular weight is 398 g/mol. The summed E-state index contributed by atoms with van der Waals surface area (Å²) in [6, 6.07) is 12.7. The molecular weight excluding hydrogens is 372 g/mol. The van der Waals surface area contributed by atoms with E-state index in [4.69, 9.17) is 0 Å². The summed E-state index contributed by atoms with van der Waals surface area (Å²) >= 11 is 0. The van der Waals surface area contributed by atoms with Gasteiger partial charge < -0.3 is 20.8 Å². The molecule has 7 heteroatoms. The minimum Gasteiger partial charge on any atom is -0.508 e. The van der Waals surface area contributed by atoms with Crippen molar-refractivity contribution in [2.75, 3.05) is 0 Å². The molecule has 29 heavy (non-hydrogen) atoms. The number of phenols is 1. The zero-order chi connectivity index (χ0) is 21.4. The maximum atomic E-state index is 12.8. The normalized spacial score (nSPS) is 12.8. The first-order valence-electron chi connectivity index (χ1n) is 9.43. The predicted molar refractivity (Wildman–Crippen MR) is 109 cm³/mol. The fraction of sp³-hybridized carbons (Fsp3) is 0.318. The van der Waals surface area contributed by atoms with Crippen molar-refractivity contribution in [1.29, 1.82) is 0 Å². The van der Waals surface area contributed by atoms with E-state index >= 15 is 0 Å². The molecule has 0 saturated heterocycles. The second-order valence-corrected chi connectivity index (χ2v) is 7.29. The Bertz CT molecular complexity index is 834. The van der Waals surface area contributed by atoms with E-state index in [9.17, 15) is 24.6 Å². The highest BCUT2D eigenvalue weighted by molar-refractivity contribution is 5.98. The van der Waals surface area contributed by atoms with Crippen molar-refractivity contribution < 1.29 is 24.6 Å². The number of carboxylic acid groups (broad SMARTS) is 1. The highest BCUT2D eigenvalue weighted by atomic mass is 16.4.